The molecule has 2 aromatic rings. The maximum Gasteiger partial charge on any atom is 0.264 e. The molecule has 1 aromatic heterocycles. The van der Waals surface area contributed by atoms with Crippen molar-refractivity contribution < 1.29 is 9.26 Å². The summed E-state index contributed by atoms with van der Waals surface area (Å²) in [6.45, 7) is 6.27. The molecular weight excluding hydrogens is 242 g/mol. The Kier molecular flexibility index (Phi) is 3.52. The van der Waals surface area contributed by atoms with Gasteiger partial charge in [-0.1, -0.05) is 25.9 Å². The maximum atomic E-state index is 8.69. The molecule has 0 saturated heterocycles. The normalized spacial score (nSPS) is 11.1. The third-order valence-corrected chi connectivity index (χ3v) is 2.48. The van der Waals surface area contributed by atoms with Gasteiger partial charge in [-0.15, -0.1) is 0 Å². The van der Waals surface area contributed by atoms with Crippen LogP contribution < -0.4 is 4.74 Å². The van der Waals surface area contributed by atoms with Crippen LogP contribution in [0.4, 0.5) is 0 Å². The smallest absolute Gasteiger partial charge is 0.264 e. The summed E-state index contributed by atoms with van der Waals surface area (Å²) in [6, 6.07) is 8.92. The summed E-state index contributed by atoms with van der Waals surface area (Å²) in [5.74, 6) is 1.76. The van der Waals surface area contributed by atoms with E-state index in [-0.39, 0.29) is 12.0 Å². The van der Waals surface area contributed by atoms with Crippen LogP contribution in [0.15, 0.2) is 28.8 Å². The number of nitriles is 1. The second kappa shape index (κ2) is 5.11. The van der Waals surface area contributed by atoms with E-state index in [1.165, 1.54) is 0 Å². The van der Waals surface area contributed by atoms with Crippen molar-refractivity contribution in [1.82, 2.24) is 10.1 Å². The lowest BCUT2D eigenvalue weighted by atomic mass is 9.96. The zero-order chi connectivity index (χ0) is 13.9. The van der Waals surface area contributed by atoms with Crippen LogP contribution in [-0.2, 0) is 12.0 Å². The minimum atomic E-state index is -0.143. The van der Waals surface area contributed by atoms with Crippen LogP contribution in [0.25, 0.3) is 0 Å². The molecule has 5 nitrogen and oxygen atoms in total. The van der Waals surface area contributed by atoms with E-state index in [4.69, 9.17) is 14.5 Å². The Balaban J connectivity index is 1.99. The summed E-state index contributed by atoms with van der Waals surface area (Å²) in [6.07, 6.45) is 0. The first-order valence-electron chi connectivity index (χ1n) is 5.95. The van der Waals surface area contributed by atoms with Gasteiger partial charge < -0.3 is 9.26 Å². The summed E-state index contributed by atoms with van der Waals surface area (Å²) in [4.78, 5) is 4.28. The van der Waals surface area contributed by atoms with Gasteiger partial charge in [0, 0.05) is 5.41 Å². The summed E-state index contributed by atoms with van der Waals surface area (Å²) < 4.78 is 10.6. The van der Waals surface area contributed by atoms with E-state index >= 15 is 0 Å². The van der Waals surface area contributed by atoms with Gasteiger partial charge in [-0.05, 0) is 24.3 Å². The van der Waals surface area contributed by atoms with Gasteiger partial charge in [0.1, 0.15) is 5.75 Å². The van der Waals surface area contributed by atoms with Crippen molar-refractivity contribution in [1.29, 1.82) is 5.26 Å². The summed E-state index contributed by atoms with van der Waals surface area (Å²) in [7, 11) is 0. The molecule has 19 heavy (non-hydrogen) atoms. The highest BCUT2D eigenvalue weighted by molar-refractivity contribution is 5.34. The summed E-state index contributed by atoms with van der Waals surface area (Å²) >= 11 is 0. The van der Waals surface area contributed by atoms with Gasteiger partial charge in [-0.2, -0.15) is 10.2 Å². The highest BCUT2D eigenvalue weighted by Crippen LogP contribution is 2.19. The molecule has 98 valence electrons. The molecule has 2 rings (SSSR count). The number of nitrogens with zero attached hydrogens (tertiary/aromatic N) is 3. The second-order valence-corrected chi connectivity index (χ2v) is 5.19. The van der Waals surface area contributed by atoms with Crippen LogP contribution in [0.3, 0.4) is 0 Å². The molecule has 0 N–H and O–H groups in total. The fourth-order valence-electron chi connectivity index (χ4n) is 1.39. The number of rotatable bonds is 3. The largest absolute Gasteiger partial charge is 0.484 e. The quantitative estimate of drug-likeness (QED) is 0.845. The highest BCUT2D eigenvalue weighted by atomic mass is 16.5. The fraction of sp³-hybridized carbons (Fsp3) is 0.357. The predicted octanol–water partition coefficient (Wildman–Crippen LogP) is 2.82. The lowest BCUT2D eigenvalue weighted by Crippen LogP contribution is -2.13. The van der Waals surface area contributed by atoms with Gasteiger partial charge in [-0.25, -0.2) is 0 Å². The van der Waals surface area contributed by atoms with E-state index in [9.17, 15) is 0 Å². The molecule has 0 aliphatic carbocycles. The maximum absolute atomic E-state index is 8.69. The highest BCUT2D eigenvalue weighted by Gasteiger charge is 2.20. The van der Waals surface area contributed by atoms with E-state index in [1.54, 1.807) is 24.3 Å². The minimum absolute atomic E-state index is 0.143. The van der Waals surface area contributed by atoms with Crippen molar-refractivity contribution in [3.05, 3.63) is 41.5 Å². The number of hydrogen-bond donors (Lipinski definition) is 0. The zero-order valence-electron chi connectivity index (χ0n) is 11.2. The number of ether oxygens (including phenoxy) is 1. The van der Waals surface area contributed by atoms with E-state index < -0.39 is 0 Å². The van der Waals surface area contributed by atoms with Crippen molar-refractivity contribution in [2.24, 2.45) is 0 Å². The van der Waals surface area contributed by atoms with Crippen LogP contribution in [0.1, 0.15) is 38.0 Å². The molecule has 0 amide bonds. The molecule has 0 aliphatic heterocycles. The molecule has 0 bridgehead atoms. The molecule has 0 saturated carbocycles. The molecular formula is C14H15N3O2. The Bertz CT molecular complexity index is 588. The Hall–Kier alpha value is -2.35. The summed E-state index contributed by atoms with van der Waals surface area (Å²) in [5, 5.41) is 12.6. The van der Waals surface area contributed by atoms with E-state index in [2.05, 4.69) is 16.2 Å². The lowest BCUT2D eigenvalue weighted by Gasteiger charge is -2.10. The Morgan fingerprint density at radius 3 is 2.47 bits per heavy atom. The van der Waals surface area contributed by atoms with Crippen LogP contribution in [0.5, 0.6) is 5.75 Å². The number of aromatic nitrogens is 2. The summed E-state index contributed by atoms with van der Waals surface area (Å²) in [5.41, 5.74) is 0.455. The molecule has 0 radical (unpaired) electrons. The second-order valence-electron chi connectivity index (χ2n) is 5.19. The van der Waals surface area contributed by atoms with Gasteiger partial charge in [0.2, 0.25) is 0 Å². The molecule has 5 heteroatoms. The lowest BCUT2D eigenvalue weighted by molar-refractivity contribution is 0.242. The van der Waals surface area contributed by atoms with E-state index in [1.807, 2.05) is 20.8 Å². The molecule has 1 heterocycles. The van der Waals surface area contributed by atoms with Gasteiger partial charge in [-0.3, -0.25) is 0 Å². The average Bonchev–Trinajstić information content (AvgIpc) is 2.86. The molecule has 0 atom stereocenters. The predicted molar refractivity (Wildman–Crippen MR) is 68.5 cm³/mol. The first-order valence-corrected chi connectivity index (χ1v) is 5.95. The molecule has 0 spiro atoms. The zero-order valence-corrected chi connectivity index (χ0v) is 11.2. The third-order valence-electron chi connectivity index (χ3n) is 2.48. The first kappa shape index (κ1) is 13.1. The van der Waals surface area contributed by atoms with Crippen molar-refractivity contribution in [2.75, 3.05) is 0 Å². The number of benzene rings is 1. The minimum Gasteiger partial charge on any atom is -0.484 e. The van der Waals surface area contributed by atoms with E-state index in [0.29, 0.717) is 23.0 Å². The average molecular weight is 257 g/mol. The number of hydrogen-bond acceptors (Lipinski definition) is 5. The molecule has 0 aliphatic rings. The van der Waals surface area contributed by atoms with Gasteiger partial charge in [0.15, 0.2) is 12.4 Å². The van der Waals surface area contributed by atoms with E-state index in [0.717, 1.165) is 0 Å². The molecule has 0 fully saturated rings. The SMILES string of the molecule is CC(C)(C)c1noc(COc2ccc(C#N)cc2)n1. The molecule has 1 aromatic carbocycles. The Labute approximate surface area is 111 Å². The van der Waals surface area contributed by atoms with Crippen molar-refractivity contribution in [2.45, 2.75) is 32.8 Å². The van der Waals surface area contributed by atoms with Crippen molar-refractivity contribution in [3.63, 3.8) is 0 Å². The van der Waals surface area contributed by atoms with Crippen LogP contribution in [0, 0.1) is 11.3 Å². The first-order chi connectivity index (χ1) is 8.99. The van der Waals surface area contributed by atoms with Gasteiger partial charge in [0.05, 0.1) is 11.6 Å². The van der Waals surface area contributed by atoms with Crippen molar-refractivity contribution in [3.8, 4) is 11.8 Å². The Morgan fingerprint density at radius 1 is 1.26 bits per heavy atom. The van der Waals surface area contributed by atoms with Crippen LogP contribution in [0.2, 0.25) is 0 Å². The topological polar surface area (TPSA) is 71.9 Å². The van der Waals surface area contributed by atoms with Gasteiger partial charge >= 0.3 is 0 Å². The third kappa shape index (κ3) is 3.32. The van der Waals surface area contributed by atoms with Gasteiger partial charge in [0.25, 0.3) is 5.89 Å². The van der Waals surface area contributed by atoms with Crippen LogP contribution >= 0.6 is 0 Å². The monoisotopic (exact) mass is 257 g/mol. The fourth-order valence-corrected chi connectivity index (χ4v) is 1.39. The standard InChI is InChI=1S/C14H15N3O2/c1-14(2,3)13-16-12(19-17-13)9-18-11-6-4-10(8-15)5-7-11/h4-7H,9H2,1-3H3. The molecule has 0 unspecified atom stereocenters. The van der Waals surface area contributed by atoms with Crippen LogP contribution in [-0.4, -0.2) is 10.1 Å². The van der Waals surface area contributed by atoms with Crippen molar-refractivity contribution >= 4 is 0 Å². The Morgan fingerprint density at radius 2 is 1.95 bits per heavy atom.